The Kier molecular flexibility index (Phi) is 8.02. The molecule has 0 fully saturated rings. The van der Waals surface area contributed by atoms with E-state index in [9.17, 15) is 9.59 Å². The van der Waals surface area contributed by atoms with Gasteiger partial charge in [0.25, 0.3) is 5.91 Å². The number of amides is 2. The lowest BCUT2D eigenvalue weighted by molar-refractivity contribution is -0.128. The van der Waals surface area contributed by atoms with E-state index < -0.39 is 17.5 Å². The second-order valence-electron chi connectivity index (χ2n) is 9.53. The molecule has 38 heavy (non-hydrogen) atoms. The fourth-order valence-corrected chi connectivity index (χ4v) is 3.93. The number of carbonyl (C=O) groups excluding carboxylic acids is 2. The summed E-state index contributed by atoms with van der Waals surface area (Å²) in [6.07, 6.45) is 3.17. The van der Waals surface area contributed by atoms with E-state index in [0.717, 1.165) is 0 Å². The van der Waals surface area contributed by atoms with Crippen molar-refractivity contribution in [2.45, 2.75) is 38.9 Å². The lowest BCUT2D eigenvalue weighted by Gasteiger charge is -2.33. The quantitative estimate of drug-likeness (QED) is 0.363. The molecule has 4 aromatic rings. The van der Waals surface area contributed by atoms with Crippen LogP contribution in [0.15, 0.2) is 73.1 Å². The summed E-state index contributed by atoms with van der Waals surface area (Å²) in [7, 11) is 1.56. The van der Waals surface area contributed by atoms with Gasteiger partial charge >= 0.3 is 0 Å². The summed E-state index contributed by atoms with van der Waals surface area (Å²) in [5, 5.41) is 16.1. The van der Waals surface area contributed by atoms with Crippen molar-refractivity contribution in [3.8, 4) is 17.1 Å². The first kappa shape index (κ1) is 26.7. The molecule has 0 bridgehead atoms. The van der Waals surface area contributed by atoms with Gasteiger partial charge in [0, 0.05) is 34.2 Å². The van der Waals surface area contributed by atoms with E-state index >= 15 is 0 Å². The molecule has 0 aliphatic heterocycles. The zero-order chi connectivity index (χ0) is 27.3. The largest absolute Gasteiger partial charge is 0.497 e. The van der Waals surface area contributed by atoms with Gasteiger partial charge in [0.15, 0.2) is 0 Å². The Hall–Kier alpha value is -4.31. The normalized spacial score (nSPS) is 12.0. The van der Waals surface area contributed by atoms with Gasteiger partial charge in [0.2, 0.25) is 11.7 Å². The lowest BCUT2D eigenvalue weighted by atomic mass is 10.0. The summed E-state index contributed by atoms with van der Waals surface area (Å²) in [5.74, 6) is 0.204. The van der Waals surface area contributed by atoms with Crippen LogP contribution < -0.4 is 15.0 Å². The van der Waals surface area contributed by atoms with Crippen LogP contribution in [0.4, 0.5) is 5.69 Å². The Morgan fingerprint density at radius 1 is 1.03 bits per heavy atom. The molecule has 2 amide bonds. The first-order chi connectivity index (χ1) is 18.1. The summed E-state index contributed by atoms with van der Waals surface area (Å²) in [6.45, 7) is 5.39. The number of rotatable bonds is 8. The number of benzene rings is 2. The third-order valence-corrected chi connectivity index (χ3v) is 5.73. The molecule has 0 saturated heterocycles. The van der Waals surface area contributed by atoms with Crippen molar-refractivity contribution in [3.05, 3.63) is 83.6 Å². The third kappa shape index (κ3) is 6.51. The number of hydrogen-bond donors (Lipinski definition) is 1. The number of aromatic nitrogens is 5. The molecule has 0 unspecified atom stereocenters. The van der Waals surface area contributed by atoms with Gasteiger partial charge in [-0.15, -0.1) is 10.2 Å². The molecule has 196 valence electrons. The topological polar surface area (TPSA) is 115 Å². The predicted octanol–water partition coefficient (Wildman–Crippen LogP) is 4.09. The highest BCUT2D eigenvalue weighted by Crippen LogP contribution is 2.30. The average Bonchev–Trinajstić information content (AvgIpc) is 3.35. The average molecular weight is 534 g/mol. The molecular weight excluding hydrogens is 506 g/mol. The van der Waals surface area contributed by atoms with Crippen molar-refractivity contribution < 1.29 is 14.3 Å². The maximum atomic E-state index is 13.9. The molecule has 2 heterocycles. The van der Waals surface area contributed by atoms with Gasteiger partial charge in [-0.25, -0.2) is 0 Å². The van der Waals surface area contributed by atoms with Crippen LogP contribution in [-0.2, 0) is 16.1 Å². The molecule has 2 aromatic carbocycles. The Bertz CT molecular complexity index is 1380. The van der Waals surface area contributed by atoms with Crippen molar-refractivity contribution in [2.24, 2.45) is 0 Å². The molecule has 0 radical (unpaired) electrons. The number of pyridine rings is 1. The van der Waals surface area contributed by atoms with Crippen molar-refractivity contribution in [3.63, 3.8) is 0 Å². The van der Waals surface area contributed by atoms with Crippen LogP contribution in [0.2, 0.25) is 5.02 Å². The summed E-state index contributed by atoms with van der Waals surface area (Å²) in [6, 6.07) is 16.3. The first-order valence-corrected chi connectivity index (χ1v) is 12.2. The Balaban J connectivity index is 1.72. The van der Waals surface area contributed by atoms with E-state index in [4.69, 9.17) is 16.3 Å². The van der Waals surface area contributed by atoms with Crippen LogP contribution in [0.1, 0.15) is 32.4 Å². The number of nitrogens with zero attached hydrogens (tertiary/aromatic N) is 6. The summed E-state index contributed by atoms with van der Waals surface area (Å²) < 4.78 is 5.28. The number of methoxy groups -OCH3 is 1. The minimum absolute atomic E-state index is 0.253. The van der Waals surface area contributed by atoms with E-state index in [-0.39, 0.29) is 12.5 Å². The molecule has 0 aliphatic carbocycles. The monoisotopic (exact) mass is 533 g/mol. The van der Waals surface area contributed by atoms with Crippen LogP contribution >= 0.6 is 11.6 Å². The Morgan fingerprint density at radius 2 is 1.68 bits per heavy atom. The van der Waals surface area contributed by atoms with Crippen molar-refractivity contribution in [1.29, 1.82) is 0 Å². The van der Waals surface area contributed by atoms with Crippen molar-refractivity contribution in [1.82, 2.24) is 30.5 Å². The molecule has 4 rings (SSSR count). The zero-order valence-electron chi connectivity index (χ0n) is 21.5. The van der Waals surface area contributed by atoms with Gasteiger partial charge in [-0.1, -0.05) is 11.6 Å². The highest BCUT2D eigenvalue weighted by Gasteiger charge is 2.35. The van der Waals surface area contributed by atoms with E-state index in [1.54, 1.807) is 80.2 Å². The maximum Gasteiger partial charge on any atom is 0.251 e. The molecule has 10 nitrogen and oxygen atoms in total. The van der Waals surface area contributed by atoms with E-state index in [0.29, 0.717) is 33.4 Å². The van der Waals surface area contributed by atoms with Crippen LogP contribution in [0.25, 0.3) is 11.4 Å². The summed E-state index contributed by atoms with van der Waals surface area (Å²) in [5.41, 5.74) is 1.27. The number of nitrogens with one attached hydrogen (secondary N) is 1. The standard InChI is InChI=1S/C27H28ClN7O3/c1-27(2,3)30-26(37)24(18-13-15-29-16-14-18)35(21-9-11-22(38-4)12-10-21)23(36)17-34-32-25(31-33-34)19-5-7-20(28)8-6-19/h5-16,24H,17H2,1-4H3,(H,30,37)/t24-/m0/s1. The number of carbonyl (C=O) groups is 2. The zero-order valence-corrected chi connectivity index (χ0v) is 22.3. The van der Waals surface area contributed by atoms with Gasteiger partial charge in [-0.3, -0.25) is 19.5 Å². The molecular formula is C27H28ClN7O3. The van der Waals surface area contributed by atoms with Crippen molar-refractivity contribution >= 4 is 29.1 Å². The number of halogens is 1. The summed E-state index contributed by atoms with van der Waals surface area (Å²) >= 11 is 5.97. The highest BCUT2D eigenvalue weighted by atomic mass is 35.5. The number of anilines is 1. The number of ether oxygens (including phenoxy) is 1. The molecule has 0 aliphatic rings. The van der Waals surface area contributed by atoms with Gasteiger partial charge < -0.3 is 10.1 Å². The van der Waals surface area contributed by atoms with Gasteiger partial charge in [0.05, 0.1) is 7.11 Å². The highest BCUT2D eigenvalue weighted by molar-refractivity contribution is 6.30. The minimum atomic E-state index is -0.989. The first-order valence-electron chi connectivity index (χ1n) is 11.9. The molecule has 0 saturated carbocycles. The van der Waals surface area contributed by atoms with Crippen LogP contribution in [0.5, 0.6) is 5.75 Å². The van der Waals surface area contributed by atoms with Crippen LogP contribution in [0.3, 0.4) is 0 Å². The van der Waals surface area contributed by atoms with Gasteiger partial charge in [0.1, 0.15) is 18.3 Å². The lowest BCUT2D eigenvalue weighted by Crippen LogP contribution is -2.50. The Morgan fingerprint density at radius 3 is 2.29 bits per heavy atom. The van der Waals surface area contributed by atoms with Gasteiger partial charge in [-0.2, -0.15) is 4.80 Å². The number of hydrogen-bond acceptors (Lipinski definition) is 7. The van der Waals surface area contributed by atoms with Gasteiger partial charge in [-0.05, 0) is 92.2 Å². The van der Waals surface area contributed by atoms with E-state index in [2.05, 4.69) is 25.7 Å². The smallest absolute Gasteiger partial charge is 0.251 e. The SMILES string of the molecule is COc1ccc(N(C(=O)Cn2nnc(-c3ccc(Cl)cc3)n2)[C@H](C(=O)NC(C)(C)C)c2ccncc2)cc1. The fraction of sp³-hybridized carbons (Fsp3) is 0.259. The van der Waals surface area contributed by atoms with E-state index in [1.807, 2.05) is 20.8 Å². The second-order valence-corrected chi connectivity index (χ2v) is 9.97. The number of tetrazole rings is 1. The summed E-state index contributed by atoms with van der Waals surface area (Å²) in [4.78, 5) is 34.3. The van der Waals surface area contributed by atoms with E-state index in [1.165, 1.54) is 9.70 Å². The maximum absolute atomic E-state index is 13.9. The predicted molar refractivity (Wildman–Crippen MR) is 144 cm³/mol. The minimum Gasteiger partial charge on any atom is -0.497 e. The molecule has 11 heteroatoms. The second kappa shape index (κ2) is 11.4. The Labute approximate surface area is 225 Å². The fourth-order valence-electron chi connectivity index (χ4n) is 3.80. The molecule has 2 aromatic heterocycles. The van der Waals surface area contributed by atoms with Crippen LogP contribution in [-0.4, -0.2) is 49.7 Å². The molecule has 0 spiro atoms. The molecule has 1 atom stereocenters. The van der Waals surface area contributed by atoms with Crippen molar-refractivity contribution in [2.75, 3.05) is 12.0 Å². The molecule has 1 N–H and O–H groups in total. The van der Waals surface area contributed by atoms with Crippen LogP contribution in [0, 0.1) is 0 Å². The third-order valence-electron chi connectivity index (χ3n) is 5.48.